The summed E-state index contributed by atoms with van der Waals surface area (Å²) in [6, 6.07) is 10.9. The van der Waals surface area contributed by atoms with E-state index < -0.39 is 23.2 Å². The van der Waals surface area contributed by atoms with Gasteiger partial charge in [-0.1, -0.05) is 36.8 Å². The summed E-state index contributed by atoms with van der Waals surface area (Å²) < 4.78 is 13.0. The maximum Gasteiger partial charge on any atom is 0.429 e. The fraction of sp³-hybridized carbons (Fsp3) is 0.478. The summed E-state index contributed by atoms with van der Waals surface area (Å²) in [5.74, 6) is 0.0772. The van der Waals surface area contributed by atoms with Gasteiger partial charge in [-0.15, -0.1) is 0 Å². The van der Waals surface area contributed by atoms with Gasteiger partial charge in [-0.05, 0) is 39.2 Å². The van der Waals surface area contributed by atoms with Gasteiger partial charge in [-0.3, -0.25) is 9.47 Å². The summed E-state index contributed by atoms with van der Waals surface area (Å²) in [6.45, 7) is 5.95. The second-order valence-corrected chi connectivity index (χ2v) is 9.17. The van der Waals surface area contributed by atoms with Crippen molar-refractivity contribution < 1.29 is 19.4 Å². The minimum absolute atomic E-state index is 0.0772. The zero-order chi connectivity index (χ0) is 21.5. The molecule has 30 heavy (non-hydrogen) atoms. The molecule has 1 aliphatic carbocycles. The first-order valence-electron chi connectivity index (χ1n) is 10.3. The molecule has 160 valence electrons. The van der Waals surface area contributed by atoms with E-state index in [-0.39, 0.29) is 17.8 Å². The standard InChI is InChI=1S/C23H28N2O5/c1-22(2,3)30-21(28)25-15-23(11-7-12-23)20(27)18-19(17(26)10-13-24(18)25)29-14-16-8-5-4-6-9-16/h4-6,8-10,13,20,27H,7,11-12,14-15H2,1-3H3. The minimum Gasteiger partial charge on any atom is -0.483 e. The van der Waals surface area contributed by atoms with Crippen LogP contribution >= 0.6 is 0 Å². The van der Waals surface area contributed by atoms with Gasteiger partial charge in [0.15, 0.2) is 5.75 Å². The van der Waals surface area contributed by atoms with Crippen LogP contribution in [-0.4, -0.2) is 28.0 Å². The van der Waals surface area contributed by atoms with Gasteiger partial charge in [0, 0.05) is 17.7 Å². The second-order valence-electron chi connectivity index (χ2n) is 9.17. The fourth-order valence-electron chi connectivity index (χ4n) is 4.14. The van der Waals surface area contributed by atoms with Crippen molar-refractivity contribution in [2.45, 2.75) is 58.3 Å². The molecule has 2 heterocycles. The first kappa shape index (κ1) is 20.5. The molecule has 7 nitrogen and oxygen atoms in total. The first-order chi connectivity index (χ1) is 14.2. The van der Waals surface area contributed by atoms with Gasteiger partial charge in [0.05, 0.1) is 6.54 Å². The number of carbonyl (C=O) groups is 1. The van der Waals surface area contributed by atoms with Gasteiger partial charge in [0.2, 0.25) is 5.43 Å². The summed E-state index contributed by atoms with van der Waals surface area (Å²) in [4.78, 5) is 25.7. The number of nitrogens with zero attached hydrogens (tertiary/aromatic N) is 2. The van der Waals surface area contributed by atoms with Crippen LogP contribution < -0.4 is 15.2 Å². The third kappa shape index (κ3) is 3.69. The number of aliphatic hydroxyl groups excluding tert-OH is 1. The highest BCUT2D eigenvalue weighted by molar-refractivity contribution is 5.79. The van der Waals surface area contributed by atoms with Crippen molar-refractivity contribution in [3.05, 3.63) is 64.1 Å². The highest BCUT2D eigenvalue weighted by atomic mass is 16.6. The van der Waals surface area contributed by atoms with Crippen molar-refractivity contribution >= 4 is 6.09 Å². The van der Waals surface area contributed by atoms with Gasteiger partial charge in [-0.25, -0.2) is 9.80 Å². The van der Waals surface area contributed by atoms with Crippen molar-refractivity contribution in [3.63, 3.8) is 0 Å². The van der Waals surface area contributed by atoms with E-state index in [1.165, 1.54) is 21.9 Å². The predicted molar refractivity (Wildman–Crippen MR) is 112 cm³/mol. The molecular formula is C23H28N2O5. The molecule has 1 N–H and O–H groups in total. The number of benzene rings is 1. The third-order valence-electron chi connectivity index (χ3n) is 5.81. The van der Waals surface area contributed by atoms with Gasteiger partial charge >= 0.3 is 6.09 Å². The molecule has 1 fully saturated rings. The zero-order valence-electron chi connectivity index (χ0n) is 17.6. The summed E-state index contributed by atoms with van der Waals surface area (Å²) >= 11 is 0. The molecule has 2 aliphatic rings. The summed E-state index contributed by atoms with van der Waals surface area (Å²) in [5, 5.41) is 12.7. The Morgan fingerprint density at radius 1 is 1.20 bits per heavy atom. The van der Waals surface area contributed by atoms with Crippen molar-refractivity contribution in [2.75, 3.05) is 11.6 Å². The molecule has 1 atom stereocenters. The number of aliphatic hydroxyl groups is 1. The highest BCUT2D eigenvalue weighted by Crippen LogP contribution is 2.53. The molecule has 1 amide bonds. The third-order valence-corrected chi connectivity index (χ3v) is 5.81. The number of fused-ring (bicyclic) bond motifs is 1. The maximum atomic E-state index is 13.0. The number of ether oxygens (including phenoxy) is 2. The van der Waals surface area contributed by atoms with E-state index in [0.717, 1.165) is 24.8 Å². The molecule has 0 radical (unpaired) electrons. The fourth-order valence-corrected chi connectivity index (χ4v) is 4.14. The molecule has 2 aromatic rings. The molecule has 7 heteroatoms. The Balaban J connectivity index is 1.75. The van der Waals surface area contributed by atoms with Gasteiger partial charge < -0.3 is 14.6 Å². The predicted octanol–water partition coefficient (Wildman–Crippen LogP) is 3.52. The molecule has 1 unspecified atom stereocenters. The topological polar surface area (TPSA) is 81.0 Å². The summed E-state index contributed by atoms with van der Waals surface area (Å²) in [7, 11) is 0. The average Bonchev–Trinajstić information content (AvgIpc) is 2.65. The number of hydrogen-bond acceptors (Lipinski definition) is 5. The highest BCUT2D eigenvalue weighted by Gasteiger charge is 2.52. The normalized spacial score (nSPS) is 19.7. The number of aromatic nitrogens is 1. The molecule has 4 rings (SSSR count). The quantitative estimate of drug-likeness (QED) is 0.834. The van der Waals surface area contributed by atoms with E-state index in [4.69, 9.17) is 9.47 Å². The molecule has 1 aromatic carbocycles. The average molecular weight is 412 g/mol. The molecule has 1 spiro atoms. The smallest absolute Gasteiger partial charge is 0.429 e. The Kier molecular flexibility index (Phi) is 5.10. The molecule has 1 saturated carbocycles. The van der Waals surface area contributed by atoms with Crippen molar-refractivity contribution in [1.82, 2.24) is 4.68 Å². The van der Waals surface area contributed by atoms with Crippen molar-refractivity contribution in [1.29, 1.82) is 0 Å². The number of hydrogen-bond donors (Lipinski definition) is 1. The van der Waals surface area contributed by atoms with Gasteiger partial charge in [-0.2, -0.15) is 0 Å². The van der Waals surface area contributed by atoms with Crippen LogP contribution in [0.3, 0.4) is 0 Å². The zero-order valence-corrected chi connectivity index (χ0v) is 17.6. The van der Waals surface area contributed by atoms with Crippen molar-refractivity contribution in [2.24, 2.45) is 5.41 Å². The lowest BCUT2D eigenvalue weighted by atomic mass is 9.63. The second kappa shape index (κ2) is 7.47. The van der Waals surface area contributed by atoms with Crippen LogP contribution in [0, 0.1) is 5.41 Å². The molecule has 0 bridgehead atoms. The Hall–Kier alpha value is -2.80. The number of carbonyl (C=O) groups excluding carboxylic acids is 1. The Labute approximate surface area is 175 Å². The van der Waals surface area contributed by atoms with Crippen LogP contribution in [0.1, 0.15) is 57.4 Å². The minimum atomic E-state index is -0.899. The van der Waals surface area contributed by atoms with Crippen molar-refractivity contribution in [3.8, 4) is 5.75 Å². The number of amides is 1. The molecule has 1 aromatic heterocycles. The van der Waals surface area contributed by atoms with Crippen LogP contribution in [0.5, 0.6) is 5.75 Å². The lowest BCUT2D eigenvalue weighted by Gasteiger charge is -2.52. The number of rotatable bonds is 3. The van der Waals surface area contributed by atoms with Crippen LogP contribution in [0.15, 0.2) is 47.4 Å². The van der Waals surface area contributed by atoms with Gasteiger partial charge in [0.1, 0.15) is 24.0 Å². The van der Waals surface area contributed by atoms with Crippen LogP contribution in [0.2, 0.25) is 0 Å². The van der Waals surface area contributed by atoms with Crippen LogP contribution in [0.4, 0.5) is 4.79 Å². The Morgan fingerprint density at radius 2 is 1.90 bits per heavy atom. The Morgan fingerprint density at radius 3 is 2.50 bits per heavy atom. The van der Waals surface area contributed by atoms with E-state index in [0.29, 0.717) is 12.2 Å². The van der Waals surface area contributed by atoms with Gasteiger partial charge in [0.25, 0.3) is 0 Å². The van der Waals surface area contributed by atoms with E-state index in [1.807, 2.05) is 51.1 Å². The van der Waals surface area contributed by atoms with E-state index >= 15 is 0 Å². The first-order valence-corrected chi connectivity index (χ1v) is 10.3. The van der Waals surface area contributed by atoms with E-state index in [9.17, 15) is 14.7 Å². The van der Waals surface area contributed by atoms with E-state index in [2.05, 4.69) is 0 Å². The Bertz CT molecular complexity index is 989. The SMILES string of the molecule is CC(C)(C)OC(=O)N1CC2(CCC2)C(O)c2c(OCc3ccccc3)c(=O)ccn21. The summed E-state index contributed by atoms with van der Waals surface area (Å²) in [5.41, 5.74) is -0.249. The van der Waals surface area contributed by atoms with Crippen LogP contribution in [-0.2, 0) is 11.3 Å². The molecule has 1 aliphatic heterocycles. The van der Waals surface area contributed by atoms with Crippen LogP contribution in [0.25, 0.3) is 0 Å². The summed E-state index contributed by atoms with van der Waals surface area (Å²) in [6.07, 6.45) is 2.61. The largest absolute Gasteiger partial charge is 0.483 e. The maximum absolute atomic E-state index is 13.0. The molecule has 0 saturated heterocycles. The van der Waals surface area contributed by atoms with E-state index in [1.54, 1.807) is 0 Å². The number of pyridine rings is 1. The monoisotopic (exact) mass is 412 g/mol. The lowest BCUT2D eigenvalue weighted by Crippen LogP contribution is -2.59. The molecular weight excluding hydrogens is 384 g/mol. The lowest BCUT2D eigenvalue weighted by molar-refractivity contribution is -0.0555.